The molecule has 0 heterocycles. The lowest BCUT2D eigenvalue weighted by molar-refractivity contribution is -0.384. The zero-order valence-electron chi connectivity index (χ0n) is 12.7. The van der Waals surface area contributed by atoms with Gasteiger partial charge in [-0.2, -0.15) is 13.2 Å². The second kappa shape index (κ2) is 6.57. The van der Waals surface area contributed by atoms with Gasteiger partial charge in [0.25, 0.3) is 5.69 Å². The number of nitro benzene ring substituents is 1. The summed E-state index contributed by atoms with van der Waals surface area (Å²) >= 11 is 0. The number of nitrogens with zero attached hydrogens (tertiary/aromatic N) is 1. The van der Waals surface area contributed by atoms with Crippen LogP contribution in [-0.2, 0) is 15.8 Å². The molecule has 1 fully saturated rings. The summed E-state index contributed by atoms with van der Waals surface area (Å²) in [6.45, 7) is -0.103. The number of halogens is 3. The van der Waals surface area contributed by atoms with Gasteiger partial charge >= 0.3 is 12.1 Å². The highest BCUT2D eigenvalue weighted by atomic mass is 19.4. The second-order valence-corrected chi connectivity index (χ2v) is 5.60. The average Bonchev–Trinajstić information content (AvgIpc) is 3.27. The first kappa shape index (κ1) is 18.5. The molecule has 0 aromatic heterocycles. The molecule has 0 saturated heterocycles. The molecular weight excluding hydrogens is 347 g/mol. The molecule has 8 nitrogen and oxygen atoms in total. The van der Waals surface area contributed by atoms with Crippen LogP contribution in [0.2, 0.25) is 0 Å². The fourth-order valence-electron chi connectivity index (χ4n) is 2.17. The van der Waals surface area contributed by atoms with Gasteiger partial charge in [0, 0.05) is 19.0 Å². The monoisotopic (exact) mass is 361 g/mol. The van der Waals surface area contributed by atoms with E-state index in [4.69, 9.17) is 5.11 Å². The van der Waals surface area contributed by atoms with E-state index in [1.54, 1.807) is 0 Å². The first-order valence-corrected chi connectivity index (χ1v) is 7.19. The minimum Gasteiger partial charge on any atom is -0.480 e. The van der Waals surface area contributed by atoms with Gasteiger partial charge in [-0.05, 0) is 25.0 Å². The highest BCUT2D eigenvalue weighted by Crippen LogP contribution is 2.36. The first-order valence-electron chi connectivity index (χ1n) is 7.19. The van der Waals surface area contributed by atoms with Crippen molar-refractivity contribution >= 4 is 23.3 Å². The smallest absolute Gasteiger partial charge is 0.416 e. The molecule has 1 aromatic carbocycles. The Balaban J connectivity index is 1.97. The molecule has 1 aliphatic carbocycles. The Labute approximate surface area is 139 Å². The molecule has 0 aliphatic heterocycles. The van der Waals surface area contributed by atoms with Gasteiger partial charge in [-0.25, -0.2) is 4.79 Å². The average molecular weight is 361 g/mol. The van der Waals surface area contributed by atoms with Crippen LogP contribution in [0.25, 0.3) is 0 Å². The van der Waals surface area contributed by atoms with E-state index < -0.39 is 39.8 Å². The van der Waals surface area contributed by atoms with Crippen LogP contribution in [-0.4, -0.2) is 34.0 Å². The van der Waals surface area contributed by atoms with E-state index in [0.717, 1.165) is 6.07 Å². The molecule has 25 heavy (non-hydrogen) atoms. The Morgan fingerprint density at radius 3 is 2.44 bits per heavy atom. The van der Waals surface area contributed by atoms with Crippen LogP contribution in [0.3, 0.4) is 0 Å². The molecule has 0 unspecified atom stereocenters. The molecular formula is C14H14F3N3O5. The third kappa shape index (κ3) is 4.37. The van der Waals surface area contributed by atoms with E-state index in [9.17, 15) is 32.9 Å². The van der Waals surface area contributed by atoms with E-state index in [2.05, 4.69) is 10.6 Å². The summed E-state index contributed by atoms with van der Waals surface area (Å²) in [5.74, 6) is -1.70. The second-order valence-electron chi connectivity index (χ2n) is 5.60. The summed E-state index contributed by atoms with van der Waals surface area (Å²) in [5, 5.41) is 24.8. The number of carbonyl (C=O) groups excluding carboxylic acids is 1. The molecule has 1 aromatic rings. The number of amides is 1. The van der Waals surface area contributed by atoms with Crippen molar-refractivity contribution in [2.24, 2.45) is 0 Å². The van der Waals surface area contributed by atoms with Crippen LogP contribution < -0.4 is 10.6 Å². The number of nitrogens with one attached hydrogen (secondary N) is 2. The van der Waals surface area contributed by atoms with Gasteiger partial charge < -0.3 is 15.7 Å². The van der Waals surface area contributed by atoms with Crippen LogP contribution in [0.1, 0.15) is 24.8 Å². The van der Waals surface area contributed by atoms with Crippen LogP contribution in [0.15, 0.2) is 18.2 Å². The number of alkyl halides is 3. The third-order valence-corrected chi connectivity index (χ3v) is 3.73. The lowest BCUT2D eigenvalue weighted by Crippen LogP contribution is -2.43. The van der Waals surface area contributed by atoms with Crippen molar-refractivity contribution in [3.05, 3.63) is 33.9 Å². The summed E-state index contributed by atoms with van der Waals surface area (Å²) in [4.78, 5) is 32.6. The maximum atomic E-state index is 12.6. The Hall–Kier alpha value is -2.85. The van der Waals surface area contributed by atoms with Gasteiger partial charge in [-0.1, -0.05) is 0 Å². The van der Waals surface area contributed by atoms with Crippen molar-refractivity contribution in [3.63, 3.8) is 0 Å². The fourth-order valence-corrected chi connectivity index (χ4v) is 2.17. The molecule has 1 saturated carbocycles. The van der Waals surface area contributed by atoms with E-state index in [0.29, 0.717) is 25.0 Å². The summed E-state index contributed by atoms with van der Waals surface area (Å²) in [5.41, 5.74) is -3.32. The zero-order valence-corrected chi connectivity index (χ0v) is 12.7. The quantitative estimate of drug-likeness (QED) is 0.505. The number of anilines is 1. The Kier molecular flexibility index (Phi) is 4.86. The molecule has 0 radical (unpaired) electrons. The van der Waals surface area contributed by atoms with Gasteiger partial charge in [0.1, 0.15) is 11.2 Å². The van der Waals surface area contributed by atoms with Crippen LogP contribution in [0.4, 0.5) is 24.5 Å². The Morgan fingerprint density at radius 2 is 1.96 bits per heavy atom. The highest BCUT2D eigenvalue weighted by molar-refractivity contribution is 5.89. The largest absolute Gasteiger partial charge is 0.480 e. The van der Waals surface area contributed by atoms with Crippen LogP contribution in [0, 0.1) is 10.1 Å². The fraction of sp³-hybridized carbons (Fsp3) is 0.429. The van der Waals surface area contributed by atoms with Gasteiger partial charge in [0.2, 0.25) is 5.91 Å². The van der Waals surface area contributed by atoms with Crippen molar-refractivity contribution in [2.45, 2.75) is 31.0 Å². The zero-order chi connectivity index (χ0) is 18.8. The number of benzene rings is 1. The molecule has 11 heteroatoms. The molecule has 1 amide bonds. The van der Waals surface area contributed by atoms with E-state index in [1.165, 1.54) is 0 Å². The lowest BCUT2D eigenvalue weighted by atomic mass is 10.1. The van der Waals surface area contributed by atoms with Crippen molar-refractivity contribution in [2.75, 3.05) is 11.9 Å². The van der Waals surface area contributed by atoms with Crippen molar-refractivity contribution in [1.29, 1.82) is 0 Å². The maximum Gasteiger partial charge on any atom is 0.416 e. The number of carbonyl (C=O) groups is 2. The minimum atomic E-state index is -4.71. The summed E-state index contributed by atoms with van der Waals surface area (Å²) < 4.78 is 37.8. The SMILES string of the molecule is O=C(CCNc1ccc(C(F)(F)F)cc1[N+](=O)[O-])NC1(C(=O)O)CC1. The maximum absolute atomic E-state index is 12.6. The number of carboxylic acids is 1. The van der Waals surface area contributed by atoms with Crippen molar-refractivity contribution < 1.29 is 32.8 Å². The van der Waals surface area contributed by atoms with Gasteiger partial charge in [-0.15, -0.1) is 0 Å². The molecule has 2 rings (SSSR count). The number of carboxylic acid groups (broad SMARTS) is 1. The van der Waals surface area contributed by atoms with E-state index >= 15 is 0 Å². The first-order chi connectivity index (χ1) is 11.5. The number of rotatable bonds is 7. The number of hydrogen-bond donors (Lipinski definition) is 3. The number of hydrogen-bond acceptors (Lipinski definition) is 5. The van der Waals surface area contributed by atoms with Crippen LogP contribution in [0.5, 0.6) is 0 Å². The topological polar surface area (TPSA) is 122 Å². The highest BCUT2D eigenvalue weighted by Gasteiger charge is 2.51. The Bertz CT molecular complexity index is 716. The molecule has 3 N–H and O–H groups in total. The molecule has 1 aliphatic rings. The van der Waals surface area contributed by atoms with Crippen molar-refractivity contribution in [1.82, 2.24) is 5.32 Å². The summed E-state index contributed by atoms with van der Waals surface area (Å²) in [6.07, 6.45) is -4.25. The normalized spacial score (nSPS) is 15.3. The number of aliphatic carboxylic acids is 1. The lowest BCUT2D eigenvalue weighted by Gasteiger charge is -2.13. The molecule has 0 spiro atoms. The van der Waals surface area contributed by atoms with E-state index in [-0.39, 0.29) is 18.7 Å². The Morgan fingerprint density at radius 1 is 1.32 bits per heavy atom. The standard InChI is InChI=1S/C14H14F3N3O5/c15-14(16,17)8-1-2-9(10(7-8)20(24)25)18-6-3-11(21)19-13(4-5-13)12(22)23/h1-2,7,18H,3-6H2,(H,19,21)(H,22,23). The molecule has 136 valence electrons. The van der Waals surface area contributed by atoms with Gasteiger partial charge in [0.05, 0.1) is 10.5 Å². The van der Waals surface area contributed by atoms with Crippen LogP contribution >= 0.6 is 0 Å². The van der Waals surface area contributed by atoms with Gasteiger partial charge in [0.15, 0.2) is 0 Å². The van der Waals surface area contributed by atoms with E-state index in [1.807, 2.05) is 0 Å². The predicted molar refractivity (Wildman–Crippen MR) is 78.9 cm³/mol. The number of nitro groups is 1. The van der Waals surface area contributed by atoms with Crippen molar-refractivity contribution in [3.8, 4) is 0 Å². The predicted octanol–water partition coefficient (Wildman–Crippen LogP) is 2.15. The third-order valence-electron chi connectivity index (χ3n) is 3.73. The summed E-state index contributed by atoms with van der Waals surface area (Å²) in [6, 6.07) is 2.02. The minimum absolute atomic E-state index is 0.103. The summed E-state index contributed by atoms with van der Waals surface area (Å²) in [7, 11) is 0. The molecule has 0 atom stereocenters. The van der Waals surface area contributed by atoms with Gasteiger partial charge in [-0.3, -0.25) is 14.9 Å². The molecule has 0 bridgehead atoms.